The minimum atomic E-state index is 0.260. The molecule has 1 heterocycles. The van der Waals surface area contributed by atoms with Gasteiger partial charge >= 0.3 is 0 Å². The van der Waals surface area contributed by atoms with Crippen LogP contribution in [-0.4, -0.2) is 18.9 Å². The number of hydrogen-bond donors (Lipinski definition) is 0. The first-order valence-corrected chi connectivity index (χ1v) is 5.14. The largest absolute Gasteiger partial charge is 0.363 e. The Labute approximate surface area is 92.4 Å². The van der Waals surface area contributed by atoms with Crippen LogP contribution in [-0.2, 0) is 4.79 Å². The zero-order valence-electron chi connectivity index (χ0n) is 7.46. The van der Waals surface area contributed by atoms with E-state index in [0.29, 0.717) is 23.0 Å². The summed E-state index contributed by atoms with van der Waals surface area (Å²) in [6.07, 6.45) is 0.610. The molecule has 0 amide bonds. The van der Waals surface area contributed by atoms with E-state index in [1.54, 1.807) is 12.1 Å². The molecule has 0 spiro atoms. The molecule has 2 rings (SSSR count). The van der Waals surface area contributed by atoms with E-state index in [2.05, 4.69) is 0 Å². The second kappa shape index (κ2) is 3.79. The quantitative estimate of drug-likeness (QED) is 0.739. The SMILES string of the molecule is O=C1CCN(c2ccc(Cl)cc2Cl)C1. The molecule has 0 saturated carbocycles. The summed E-state index contributed by atoms with van der Waals surface area (Å²) in [5.41, 5.74) is 0.891. The van der Waals surface area contributed by atoms with Gasteiger partial charge in [0.2, 0.25) is 0 Å². The van der Waals surface area contributed by atoms with Gasteiger partial charge in [0, 0.05) is 18.0 Å². The van der Waals surface area contributed by atoms with Crippen LogP contribution in [0.25, 0.3) is 0 Å². The minimum Gasteiger partial charge on any atom is -0.363 e. The number of carbonyl (C=O) groups is 1. The second-order valence-electron chi connectivity index (χ2n) is 3.31. The molecule has 0 atom stereocenters. The van der Waals surface area contributed by atoms with Crippen LogP contribution in [0.4, 0.5) is 5.69 Å². The number of nitrogens with zero attached hydrogens (tertiary/aromatic N) is 1. The summed E-state index contributed by atoms with van der Waals surface area (Å²) in [6, 6.07) is 5.33. The first kappa shape index (κ1) is 9.81. The van der Waals surface area contributed by atoms with Crippen LogP contribution in [0.3, 0.4) is 0 Å². The Kier molecular flexibility index (Phi) is 2.66. The van der Waals surface area contributed by atoms with Crippen LogP contribution in [0.2, 0.25) is 10.0 Å². The maximum Gasteiger partial charge on any atom is 0.153 e. The highest BCUT2D eigenvalue weighted by atomic mass is 35.5. The van der Waals surface area contributed by atoms with Gasteiger partial charge in [0.1, 0.15) is 0 Å². The maximum absolute atomic E-state index is 11.1. The van der Waals surface area contributed by atoms with Crippen molar-refractivity contribution in [3.05, 3.63) is 28.2 Å². The molecule has 4 heteroatoms. The highest BCUT2D eigenvalue weighted by molar-refractivity contribution is 6.36. The van der Waals surface area contributed by atoms with Crippen LogP contribution in [0.5, 0.6) is 0 Å². The van der Waals surface area contributed by atoms with Crippen molar-refractivity contribution in [1.29, 1.82) is 0 Å². The van der Waals surface area contributed by atoms with Crippen LogP contribution in [0.1, 0.15) is 6.42 Å². The maximum atomic E-state index is 11.1. The van der Waals surface area contributed by atoms with Crippen molar-refractivity contribution in [3.8, 4) is 0 Å². The molecule has 14 heavy (non-hydrogen) atoms. The number of carbonyl (C=O) groups excluding carboxylic acids is 1. The molecule has 1 fully saturated rings. The molecule has 2 nitrogen and oxygen atoms in total. The lowest BCUT2D eigenvalue weighted by Crippen LogP contribution is -2.19. The van der Waals surface area contributed by atoms with Gasteiger partial charge in [0.25, 0.3) is 0 Å². The summed E-state index contributed by atoms with van der Waals surface area (Å²) in [4.78, 5) is 13.1. The summed E-state index contributed by atoms with van der Waals surface area (Å²) in [5, 5.41) is 1.22. The number of hydrogen-bond acceptors (Lipinski definition) is 2. The zero-order chi connectivity index (χ0) is 10.1. The molecular formula is C10H9Cl2NO. The standard InChI is InChI=1S/C10H9Cl2NO/c11-7-1-2-10(9(12)5-7)13-4-3-8(14)6-13/h1-2,5H,3-4,6H2. The van der Waals surface area contributed by atoms with Crippen molar-refractivity contribution >= 4 is 34.7 Å². The summed E-state index contributed by atoms with van der Waals surface area (Å²) >= 11 is 11.8. The highest BCUT2D eigenvalue weighted by Crippen LogP contribution is 2.30. The zero-order valence-corrected chi connectivity index (χ0v) is 8.98. The average molecular weight is 230 g/mol. The first-order chi connectivity index (χ1) is 6.66. The topological polar surface area (TPSA) is 20.3 Å². The Morgan fingerprint density at radius 2 is 2.07 bits per heavy atom. The van der Waals surface area contributed by atoms with Crippen molar-refractivity contribution in [3.63, 3.8) is 0 Å². The Hall–Kier alpha value is -0.730. The van der Waals surface area contributed by atoms with Gasteiger partial charge < -0.3 is 4.90 Å². The van der Waals surface area contributed by atoms with Crippen molar-refractivity contribution in [2.24, 2.45) is 0 Å². The predicted octanol–water partition coefficient (Wildman–Crippen LogP) is 2.77. The number of rotatable bonds is 1. The number of ketones is 1. The molecule has 1 aromatic rings. The van der Waals surface area contributed by atoms with Gasteiger partial charge in [-0.1, -0.05) is 23.2 Å². The Balaban J connectivity index is 2.28. The molecule has 0 N–H and O–H groups in total. The van der Waals surface area contributed by atoms with Crippen LogP contribution >= 0.6 is 23.2 Å². The second-order valence-corrected chi connectivity index (χ2v) is 4.15. The minimum absolute atomic E-state index is 0.260. The van der Waals surface area contributed by atoms with Gasteiger partial charge in [-0.2, -0.15) is 0 Å². The average Bonchev–Trinajstić information content (AvgIpc) is 2.51. The Morgan fingerprint density at radius 3 is 2.64 bits per heavy atom. The van der Waals surface area contributed by atoms with Crippen LogP contribution < -0.4 is 4.90 Å². The lowest BCUT2D eigenvalue weighted by Gasteiger charge is -2.17. The number of halogens is 2. The van der Waals surface area contributed by atoms with Crippen molar-refractivity contribution in [2.45, 2.75) is 6.42 Å². The van der Waals surface area contributed by atoms with Crippen molar-refractivity contribution in [1.82, 2.24) is 0 Å². The van der Waals surface area contributed by atoms with Crippen LogP contribution in [0, 0.1) is 0 Å². The van der Waals surface area contributed by atoms with E-state index >= 15 is 0 Å². The van der Waals surface area contributed by atoms with Crippen molar-refractivity contribution < 1.29 is 4.79 Å². The van der Waals surface area contributed by atoms with Gasteiger partial charge in [-0.3, -0.25) is 4.79 Å². The third-order valence-electron chi connectivity index (χ3n) is 2.28. The first-order valence-electron chi connectivity index (χ1n) is 4.38. The van der Waals surface area contributed by atoms with Gasteiger partial charge in [-0.25, -0.2) is 0 Å². The van der Waals surface area contributed by atoms with Gasteiger partial charge in [-0.05, 0) is 18.2 Å². The lowest BCUT2D eigenvalue weighted by atomic mass is 10.3. The predicted molar refractivity (Wildman–Crippen MR) is 58.3 cm³/mol. The molecule has 0 radical (unpaired) electrons. The smallest absolute Gasteiger partial charge is 0.153 e. The molecule has 1 saturated heterocycles. The van der Waals surface area contributed by atoms with E-state index in [0.717, 1.165) is 12.2 Å². The molecule has 74 valence electrons. The highest BCUT2D eigenvalue weighted by Gasteiger charge is 2.21. The monoisotopic (exact) mass is 229 g/mol. The number of anilines is 1. The lowest BCUT2D eigenvalue weighted by molar-refractivity contribution is -0.116. The van der Waals surface area contributed by atoms with E-state index in [4.69, 9.17) is 23.2 Å². The molecule has 0 aliphatic carbocycles. The number of Topliss-reactive ketones (excluding diaryl/α,β-unsaturated/α-hetero) is 1. The summed E-state index contributed by atoms with van der Waals surface area (Å²) in [6.45, 7) is 1.21. The molecule has 0 aromatic heterocycles. The fourth-order valence-electron chi connectivity index (χ4n) is 1.57. The summed E-state index contributed by atoms with van der Waals surface area (Å²) in [5.74, 6) is 0.260. The fraction of sp³-hybridized carbons (Fsp3) is 0.300. The molecule has 0 unspecified atom stereocenters. The van der Waals surface area contributed by atoms with E-state index in [-0.39, 0.29) is 5.78 Å². The van der Waals surface area contributed by atoms with Gasteiger partial charge in [0.15, 0.2) is 5.78 Å². The van der Waals surface area contributed by atoms with E-state index < -0.39 is 0 Å². The number of benzene rings is 1. The summed E-state index contributed by atoms with van der Waals surface area (Å²) in [7, 11) is 0. The van der Waals surface area contributed by atoms with E-state index in [1.165, 1.54) is 0 Å². The normalized spacial score (nSPS) is 16.4. The summed E-state index contributed by atoms with van der Waals surface area (Å²) < 4.78 is 0. The molecule has 1 aliphatic rings. The van der Waals surface area contributed by atoms with Crippen LogP contribution in [0.15, 0.2) is 18.2 Å². The third kappa shape index (κ3) is 1.86. The van der Waals surface area contributed by atoms with Gasteiger partial charge in [-0.15, -0.1) is 0 Å². The molecule has 0 bridgehead atoms. The third-order valence-corrected chi connectivity index (χ3v) is 2.82. The van der Waals surface area contributed by atoms with E-state index in [1.807, 2.05) is 11.0 Å². The van der Waals surface area contributed by atoms with E-state index in [9.17, 15) is 4.79 Å². The fourth-order valence-corrected chi connectivity index (χ4v) is 2.10. The molecule has 1 aliphatic heterocycles. The molecular weight excluding hydrogens is 221 g/mol. The Bertz CT molecular complexity index is 378. The van der Waals surface area contributed by atoms with Crippen molar-refractivity contribution in [2.75, 3.05) is 18.0 Å². The Morgan fingerprint density at radius 1 is 1.29 bits per heavy atom. The van der Waals surface area contributed by atoms with Gasteiger partial charge in [0.05, 0.1) is 17.3 Å². The molecule has 1 aromatic carbocycles.